The van der Waals surface area contributed by atoms with Crippen molar-refractivity contribution >= 4 is 29.9 Å². The van der Waals surface area contributed by atoms with Gasteiger partial charge in [0.05, 0.1) is 12.1 Å². The van der Waals surface area contributed by atoms with Crippen LogP contribution in [0.25, 0.3) is 0 Å². The number of hydrogen-bond donors (Lipinski definition) is 2. The Morgan fingerprint density at radius 1 is 1.04 bits per heavy atom. The molecule has 2 N–H and O–H groups in total. The molecule has 140 valence electrons. The van der Waals surface area contributed by atoms with E-state index in [1.54, 1.807) is 7.11 Å². The maximum atomic E-state index is 5.40. The number of ether oxygens (including phenoxy) is 1. The summed E-state index contributed by atoms with van der Waals surface area (Å²) >= 11 is 0. The summed E-state index contributed by atoms with van der Waals surface area (Å²) in [6.07, 6.45) is 6.42. The van der Waals surface area contributed by atoms with E-state index < -0.39 is 0 Å². The number of halogens is 1. The van der Waals surface area contributed by atoms with Crippen molar-refractivity contribution in [1.29, 1.82) is 0 Å². The molecule has 0 amide bonds. The third-order valence-corrected chi connectivity index (χ3v) is 3.59. The Balaban J connectivity index is 0. The molecular weight excluding hydrogens is 403 g/mol. The number of nitrogens with one attached hydrogen (secondary N) is 2. The largest absolute Gasteiger partial charge is 0.377 e. The SMILES string of the molecule is CCNC(=NCC(C)(C)OC)NCCCCCCCN(C)C.I. The Morgan fingerprint density at radius 2 is 1.65 bits per heavy atom. The molecule has 0 atom stereocenters. The second-order valence-electron chi connectivity index (χ2n) is 6.66. The average molecular weight is 442 g/mol. The number of aliphatic imine (C=N–C) groups is 1. The monoisotopic (exact) mass is 442 g/mol. The first kappa shape index (κ1) is 25.2. The number of rotatable bonds is 12. The van der Waals surface area contributed by atoms with E-state index in [2.05, 4.69) is 41.5 Å². The minimum absolute atomic E-state index is 0. The number of methoxy groups -OCH3 is 1. The molecule has 0 radical (unpaired) electrons. The molecule has 0 spiro atoms. The summed E-state index contributed by atoms with van der Waals surface area (Å²) in [5.74, 6) is 0.889. The van der Waals surface area contributed by atoms with Crippen molar-refractivity contribution in [2.45, 2.75) is 58.5 Å². The van der Waals surface area contributed by atoms with Crippen LogP contribution in [-0.4, -0.2) is 63.8 Å². The van der Waals surface area contributed by atoms with Crippen molar-refractivity contribution in [2.24, 2.45) is 4.99 Å². The predicted octanol–water partition coefficient (Wildman–Crippen LogP) is 3.10. The Kier molecular flexibility index (Phi) is 16.9. The Morgan fingerprint density at radius 3 is 2.22 bits per heavy atom. The molecule has 0 saturated heterocycles. The lowest BCUT2D eigenvalue weighted by molar-refractivity contribution is 0.0310. The number of hydrogen-bond acceptors (Lipinski definition) is 3. The van der Waals surface area contributed by atoms with Gasteiger partial charge in [-0.1, -0.05) is 19.3 Å². The maximum absolute atomic E-state index is 5.40. The van der Waals surface area contributed by atoms with E-state index >= 15 is 0 Å². The predicted molar refractivity (Wildman–Crippen MR) is 112 cm³/mol. The van der Waals surface area contributed by atoms with Crippen LogP contribution in [0.3, 0.4) is 0 Å². The van der Waals surface area contributed by atoms with Crippen LogP contribution < -0.4 is 10.6 Å². The molecule has 23 heavy (non-hydrogen) atoms. The van der Waals surface area contributed by atoms with Crippen LogP contribution in [0.2, 0.25) is 0 Å². The van der Waals surface area contributed by atoms with E-state index in [9.17, 15) is 0 Å². The fourth-order valence-corrected chi connectivity index (χ4v) is 1.97. The lowest BCUT2D eigenvalue weighted by Gasteiger charge is -2.21. The molecular formula is C17H39IN4O. The molecule has 0 bridgehead atoms. The van der Waals surface area contributed by atoms with E-state index in [4.69, 9.17) is 4.74 Å². The van der Waals surface area contributed by atoms with Crippen LogP contribution in [-0.2, 0) is 4.74 Å². The fraction of sp³-hybridized carbons (Fsp3) is 0.941. The first-order chi connectivity index (χ1) is 10.4. The normalized spacial score (nSPS) is 12.2. The molecule has 0 aliphatic rings. The summed E-state index contributed by atoms with van der Waals surface area (Å²) in [6, 6.07) is 0. The second-order valence-corrected chi connectivity index (χ2v) is 6.66. The minimum atomic E-state index is -0.214. The Labute approximate surface area is 161 Å². The molecule has 0 aliphatic heterocycles. The van der Waals surface area contributed by atoms with E-state index in [-0.39, 0.29) is 29.6 Å². The minimum Gasteiger partial charge on any atom is -0.377 e. The topological polar surface area (TPSA) is 48.9 Å². The highest BCUT2D eigenvalue weighted by Crippen LogP contribution is 2.07. The highest BCUT2D eigenvalue weighted by atomic mass is 127. The van der Waals surface area contributed by atoms with Gasteiger partial charge in [0.15, 0.2) is 5.96 Å². The van der Waals surface area contributed by atoms with Crippen molar-refractivity contribution < 1.29 is 4.74 Å². The Bertz CT molecular complexity index is 296. The first-order valence-corrected chi connectivity index (χ1v) is 8.63. The van der Waals surface area contributed by atoms with Crippen molar-refractivity contribution in [3.8, 4) is 0 Å². The molecule has 6 heteroatoms. The summed E-state index contributed by atoms with van der Waals surface area (Å²) < 4.78 is 5.40. The van der Waals surface area contributed by atoms with Crippen LogP contribution in [0.5, 0.6) is 0 Å². The molecule has 0 rings (SSSR count). The fourth-order valence-electron chi connectivity index (χ4n) is 1.97. The van der Waals surface area contributed by atoms with Gasteiger partial charge in [0.25, 0.3) is 0 Å². The summed E-state index contributed by atoms with van der Waals surface area (Å²) in [5.41, 5.74) is -0.214. The smallest absolute Gasteiger partial charge is 0.191 e. The quantitative estimate of drug-likeness (QED) is 0.211. The molecule has 0 saturated carbocycles. The van der Waals surface area contributed by atoms with Crippen LogP contribution in [0, 0.1) is 0 Å². The van der Waals surface area contributed by atoms with Crippen molar-refractivity contribution in [2.75, 3.05) is 47.4 Å². The van der Waals surface area contributed by atoms with Gasteiger partial charge in [-0.2, -0.15) is 0 Å². The van der Waals surface area contributed by atoms with Crippen LogP contribution in [0.4, 0.5) is 0 Å². The van der Waals surface area contributed by atoms with Gasteiger partial charge in [-0.15, -0.1) is 24.0 Å². The summed E-state index contributed by atoms with van der Waals surface area (Å²) in [5, 5.41) is 6.68. The number of unbranched alkanes of at least 4 members (excludes halogenated alkanes) is 4. The van der Waals surface area contributed by atoms with E-state index in [0.717, 1.165) is 19.0 Å². The van der Waals surface area contributed by atoms with Gasteiger partial charge >= 0.3 is 0 Å². The summed E-state index contributed by atoms with van der Waals surface area (Å²) in [6.45, 7) is 9.90. The van der Waals surface area contributed by atoms with E-state index in [1.807, 2.05) is 13.8 Å². The lowest BCUT2D eigenvalue weighted by atomic mass is 10.1. The van der Waals surface area contributed by atoms with Crippen molar-refractivity contribution in [1.82, 2.24) is 15.5 Å². The van der Waals surface area contributed by atoms with Crippen molar-refractivity contribution in [3.05, 3.63) is 0 Å². The molecule has 0 aromatic carbocycles. The molecule has 5 nitrogen and oxygen atoms in total. The molecule has 0 aromatic heterocycles. The lowest BCUT2D eigenvalue weighted by Crippen LogP contribution is -2.39. The molecule has 0 fully saturated rings. The van der Waals surface area contributed by atoms with Crippen LogP contribution in [0.15, 0.2) is 4.99 Å². The van der Waals surface area contributed by atoms with Gasteiger partial charge in [-0.3, -0.25) is 4.99 Å². The zero-order chi connectivity index (χ0) is 16.8. The van der Waals surface area contributed by atoms with Gasteiger partial charge in [0.1, 0.15) is 0 Å². The number of guanidine groups is 1. The highest BCUT2D eigenvalue weighted by Gasteiger charge is 2.15. The van der Waals surface area contributed by atoms with Gasteiger partial charge in [0, 0.05) is 20.2 Å². The van der Waals surface area contributed by atoms with Gasteiger partial charge in [0.2, 0.25) is 0 Å². The molecule has 0 aliphatic carbocycles. The second kappa shape index (κ2) is 15.4. The van der Waals surface area contributed by atoms with E-state index in [0.29, 0.717) is 6.54 Å². The van der Waals surface area contributed by atoms with Crippen LogP contribution >= 0.6 is 24.0 Å². The van der Waals surface area contributed by atoms with Gasteiger partial charge < -0.3 is 20.3 Å². The number of nitrogens with zero attached hydrogens (tertiary/aromatic N) is 2. The molecule has 0 heterocycles. The third kappa shape index (κ3) is 16.6. The standard InChI is InChI=1S/C17H38N4O.HI/c1-7-18-16(20-15-17(2,3)22-6)19-13-11-9-8-10-12-14-21(4)5;/h7-15H2,1-6H3,(H2,18,19,20);1H. The van der Waals surface area contributed by atoms with Gasteiger partial charge in [-0.05, 0) is 54.3 Å². The van der Waals surface area contributed by atoms with E-state index in [1.165, 1.54) is 38.6 Å². The van der Waals surface area contributed by atoms with Crippen LogP contribution in [0.1, 0.15) is 52.9 Å². The van der Waals surface area contributed by atoms with Crippen molar-refractivity contribution in [3.63, 3.8) is 0 Å². The summed E-state index contributed by atoms with van der Waals surface area (Å²) in [4.78, 5) is 6.84. The zero-order valence-corrected chi connectivity index (χ0v) is 18.4. The maximum Gasteiger partial charge on any atom is 0.191 e. The van der Waals surface area contributed by atoms with Gasteiger partial charge in [-0.25, -0.2) is 0 Å². The summed E-state index contributed by atoms with van der Waals surface area (Å²) in [7, 11) is 6.00. The third-order valence-electron chi connectivity index (χ3n) is 3.59. The average Bonchev–Trinajstić information content (AvgIpc) is 2.47. The first-order valence-electron chi connectivity index (χ1n) is 8.63. The highest BCUT2D eigenvalue weighted by molar-refractivity contribution is 14.0. The molecule has 0 aromatic rings. The molecule has 0 unspecified atom stereocenters. The Hall–Kier alpha value is -0.0800. The zero-order valence-electron chi connectivity index (χ0n) is 16.1.